The standard InChI is InChI=1S/C38H44NO9P/c1-28(40)39-34-36(48-49(42,43-2)38(41)37(34)47-26-32-21-13-6-14-22-32)35(46-25-31-19-11-5-12-20-31)33(45-24-30-17-9-4-10-18-30)27-44-23-29-15-7-3-8-16-29/h3-22,33-38,41H,23-27H2,1-2H3,(H,39,40)/t33-,34-,35-,36+,37+,38-,49?/m0/s1. The smallest absolute Gasteiger partial charge is 0.270 e. The van der Waals surface area contributed by atoms with E-state index in [1.54, 1.807) is 0 Å². The summed E-state index contributed by atoms with van der Waals surface area (Å²) in [7, 11) is -3.03. The average Bonchev–Trinajstić information content (AvgIpc) is 3.13. The van der Waals surface area contributed by atoms with Crippen LogP contribution in [0.5, 0.6) is 0 Å². The third kappa shape index (κ3) is 10.5. The number of nitrogens with one attached hydrogen (secondary N) is 1. The third-order valence-corrected chi connectivity index (χ3v) is 10.2. The van der Waals surface area contributed by atoms with E-state index in [0.717, 1.165) is 22.3 Å². The van der Waals surface area contributed by atoms with Gasteiger partial charge in [-0.25, -0.2) is 4.52 Å². The maximum Gasteiger partial charge on any atom is 0.270 e. The number of rotatable bonds is 17. The van der Waals surface area contributed by atoms with E-state index < -0.39 is 50.2 Å². The van der Waals surface area contributed by atoms with Crippen LogP contribution in [0, 0.1) is 0 Å². The second-order valence-electron chi connectivity index (χ2n) is 11.8. The van der Waals surface area contributed by atoms with Gasteiger partial charge in [0.05, 0.1) is 46.2 Å². The zero-order chi connectivity index (χ0) is 34.5. The molecule has 1 saturated heterocycles. The van der Waals surface area contributed by atoms with Gasteiger partial charge in [0.2, 0.25) is 11.8 Å². The summed E-state index contributed by atoms with van der Waals surface area (Å²) in [6.45, 7) is 2.13. The first kappa shape index (κ1) is 36.7. The third-order valence-electron chi connectivity index (χ3n) is 8.18. The Kier molecular flexibility index (Phi) is 13.8. The molecule has 49 heavy (non-hydrogen) atoms. The molecule has 0 spiro atoms. The van der Waals surface area contributed by atoms with Gasteiger partial charge < -0.3 is 34.3 Å². The first-order valence-electron chi connectivity index (χ1n) is 16.2. The van der Waals surface area contributed by atoms with Crippen molar-refractivity contribution in [2.75, 3.05) is 13.7 Å². The molecule has 1 heterocycles. The molecule has 5 rings (SSSR count). The summed E-state index contributed by atoms with van der Waals surface area (Å²) in [6, 6.07) is 37.3. The molecule has 0 aromatic heterocycles. The Morgan fingerprint density at radius 1 is 0.776 bits per heavy atom. The lowest BCUT2D eigenvalue weighted by atomic mass is 9.95. The monoisotopic (exact) mass is 689 g/mol. The van der Waals surface area contributed by atoms with Gasteiger partial charge in [0, 0.05) is 6.92 Å². The Hall–Kier alpha value is -3.54. The van der Waals surface area contributed by atoms with E-state index >= 15 is 0 Å². The van der Waals surface area contributed by atoms with Crippen molar-refractivity contribution < 1.29 is 42.8 Å². The maximum atomic E-state index is 14.2. The van der Waals surface area contributed by atoms with Gasteiger partial charge in [-0.3, -0.25) is 4.79 Å². The minimum Gasteiger partial charge on any atom is -0.629 e. The summed E-state index contributed by atoms with van der Waals surface area (Å²) in [5, 5.41) is 14.3. The van der Waals surface area contributed by atoms with E-state index in [4.69, 9.17) is 28.0 Å². The van der Waals surface area contributed by atoms with Crippen molar-refractivity contribution in [3.8, 4) is 0 Å². The van der Waals surface area contributed by atoms with Crippen LogP contribution in [0.3, 0.4) is 0 Å². The predicted octanol–water partition coefficient (Wildman–Crippen LogP) is 4.95. The summed E-state index contributed by atoms with van der Waals surface area (Å²) in [5.74, 6) is -2.11. The fraction of sp³-hybridized carbons (Fsp3) is 0.342. The lowest BCUT2D eigenvalue weighted by Gasteiger charge is -2.48. The molecule has 1 fully saturated rings. The number of hydrogen-bond acceptors (Lipinski definition) is 9. The van der Waals surface area contributed by atoms with Crippen molar-refractivity contribution in [3.63, 3.8) is 0 Å². The largest absolute Gasteiger partial charge is 0.629 e. The Morgan fingerprint density at radius 2 is 1.24 bits per heavy atom. The fourth-order valence-electron chi connectivity index (χ4n) is 5.68. The normalized spacial score (nSPS) is 23.4. The number of carbonyl (C=O) groups excluding carboxylic acids is 1. The van der Waals surface area contributed by atoms with Crippen molar-refractivity contribution in [2.24, 2.45) is 0 Å². The van der Waals surface area contributed by atoms with Crippen LogP contribution in [0.25, 0.3) is 0 Å². The van der Waals surface area contributed by atoms with Crippen LogP contribution in [0.2, 0.25) is 0 Å². The molecule has 4 aromatic rings. The van der Waals surface area contributed by atoms with Crippen LogP contribution in [-0.4, -0.2) is 61.0 Å². The van der Waals surface area contributed by atoms with Gasteiger partial charge in [-0.1, -0.05) is 121 Å². The lowest BCUT2D eigenvalue weighted by Crippen LogP contribution is -2.66. The zero-order valence-electron chi connectivity index (χ0n) is 27.7. The van der Waals surface area contributed by atoms with Gasteiger partial charge in [-0.2, -0.15) is 4.52 Å². The summed E-state index contributed by atoms with van der Waals surface area (Å²) in [6.07, 6.45) is -4.15. The minimum absolute atomic E-state index is 0.0587. The van der Waals surface area contributed by atoms with Crippen LogP contribution < -0.4 is 10.2 Å². The van der Waals surface area contributed by atoms with Crippen molar-refractivity contribution in [3.05, 3.63) is 144 Å². The van der Waals surface area contributed by atoms with Crippen LogP contribution in [0.4, 0.5) is 0 Å². The van der Waals surface area contributed by atoms with Crippen LogP contribution >= 0.6 is 7.94 Å². The Morgan fingerprint density at radius 3 is 1.73 bits per heavy atom. The molecule has 1 unspecified atom stereocenters. The molecule has 0 saturated carbocycles. The Balaban J connectivity index is 1.51. The number of benzene rings is 4. The lowest BCUT2D eigenvalue weighted by molar-refractivity contribution is -0.262. The molecule has 10 nitrogen and oxygen atoms in total. The quantitative estimate of drug-likeness (QED) is 0.148. The van der Waals surface area contributed by atoms with E-state index in [9.17, 15) is 14.8 Å². The van der Waals surface area contributed by atoms with E-state index in [2.05, 4.69) is 5.32 Å². The Labute approximate surface area is 288 Å². The van der Waals surface area contributed by atoms with E-state index in [-0.39, 0.29) is 26.4 Å². The molecule has 2 N–H and O–H groups in total. The molecule has 1 amide bonds. The molecule has 11 heteroatoms. The molecule has 1 aliphatic rings. The van der Waals surface area contributed by atoms with Crippen molar-refractivity contribution in [1.82, 2.24) is 5.32 Å². The highest BCUT2D eigenvalue weighted by Gasteiger charge is 2.60. The number of ether oxygens (including phenoxy) is 4. The zero-order valence-corrected chi connectivity index (χ0v) is 28.6. The first-order valence-corrected chi connectivity index (χ1v) is 17.8. The van der Waals surface area contributed by atoms with Crippen molar-refractivity contribution in [1.29, 1.82) is 0 Å². The summed E-state index contributed by atoms with van der Waals surface area (Å²) < 4.78 is 37.2. The molecular formula is C38H44NO9P. The van der Waals surface area contributed by atoms with Crippen LogP contribution in [0.15, 0.2) is 121 Å². The molecular weight excluding hydrogens is 645 g/mol. The molecule has 1 aliphatic heterocycles. The van der Waals surface area contributed by atoms with Crippen LogP contribution in [-0.2, 0) is 59.2 Å². The molecule has 0 aliphatic carbocycles. The van der Waals surface area contributed by atoms with Gasteiger partial charge >= 0.3 is 0 Å². The average molecular weight is 690 g/mol. The summed E-state index contributed by atoms with van der Waals surface area (Å²) >= 11 is 0. The van der Waals surface area contributed by atoms with E-state index in [1.807, 2.05) is 121 Å². The maximum absolute atomic E-state index is 14.2. The number of aliphatic hydroxyl groups excluding tert-OH is 1. The fourth-order valence-corrected chi connectivity index (χ4v) is 7.33. The second kappa shape index (κ2) is 18.5. The topological polar surface area (TPSA) is 128 Å². The van der Waals surface area contributed by atoms with Gasteiger partial charge in [0.15, 0.2) is 6.10 Å². The van der Waals surface area contributed by atoms with Gasteiger partial charge in [0.25, 0.3) is 7.94 Å². The van der Waals surface area contributed by atoms with Gasteiger partial charge in [-0.15, -0.1) is 0 Å². The molecule has 4 aromatic carbocycles. The Bertz CT molecular complexity index is 1540. The minimum atomic E-state index is -4.24. The van der Waals surface area contributed by atoms with E-state index in [1.165, 1.54) is 14.0 Å². The van der Waals surface area contributed by atoms with Crippen LogP contribution in [0.1, 0.15) is 29.2 Å². The molecule has 0 radical (unpaired) electrons. The van der Waals surface area contributed by atoms with Gasteiger partial charge in [0.1, 0.15) is 18.3 Å². The number of hydrogen-bond donors (Lipinski definition) is 2. The summed E-state index contributed by atoms with van der Waals surface area (Å²) in [5.41, 5.74) is 3.58. The first-order chi connectivity index (χ1) is 23.9. The van der Waals surface area contributed by atoms with Gasteiger partial charge in [-0.05, 0) is 22.3 Å². The number of amides is 1. The SMILES string of the molecule is CO[P+]1([O-])O[C@@H]([C@@H](OCc2ccccc2)[C@H](COCc2ccccc2)OCc2ccccc2)[C@H](NC(C)=O)[C@@H](OCc2ccccc2)[C@H]1O. The number of carbonyl (C=O) groups is 1. The highest BCUT2D eigenvalue weighted by molar-refractivity contribution is 7.59. The van der Waals surface area contributed by atoms with Crippen molar-refractivity contribution in [2.45, 2.75) is 69.7 Å². The van der Waals surface area contributed by atoms with Crippen molar-refractivity contribution >= 4 is 13.9 Å². The molecule has 7 atom stereocenters. The second-order valence-corrected chi connectivity index (χ2v) is 14.0. The highest BCUT2D eigenvalue weighted by atomic mass is 31.2. The predicted molar refractivity (Wildman–Crippen MR) is 184 cm³/mol. The number of aliphatic hydroxyl groups is 1. The molecule has 0 bridgehead atoms. The highest BCUT2D eigenvalue weighted by Crippen LogP contribution is 2.62. The summed E-state index contributed by atoms with van der Waals surface area (Å²) in [4.78, 5) is 26.9. The molecule has 260 valence electrons. The van der Waals surface area contributed by atoms with E-state index in [0.29, 0.717) is 6.61 Å².